The molecule has 1 aliphatic carbocycles. The molecule has 0 amide bonds. The molecule has 0 saturated heterocycles. The summed E-state index contributed by atoms with van der Waals surface area (Å²) < 4.78 is 31.9. The minimum atomic E-state index is -4.07. The molecular formula is C11H22NO3S-. The predicted octanol–water partition coefficient (Wildman–Crippen LogP) is 1.58. The first-order chi connectivity index (χ1) is 7.53. The second-order valence-electron chi connectivity index (χ2n) is 4.59. The molecule has 0 bridgehead atoms. The highest BCUT2D eigenvalue weighted by Crippen LogP contribution is 2.22. The minimum absolute atomic E-state index is 0.247. The van der Waals surface area contributed by atoms with Crippen LogP contribution in [0.4, 0.5) is 0 Å². The summed E-state index contributed by atoms with van der Waals surface area (Å²) in [6.45, 7) is 3.39. The van der Waals surface area contributed by atoms with Crippen LogP contribution in [0.25, 0.3) is 0 Å². The van der Waals surface area contributed by atoms with Crippen LogP contribution in [-0.2, 0) is 10.1 Å². The molecule has 0 atom stereocenters. The molecule has 0 aromatic rings. The van der Waals surface area contributed by atoms with Crippen molar-refractivity contribution in [3.63, 3.8) is 0 Å². The van der Waals surface area contributed by atoms with Gasteiger partial charge in [0, 0.05) is 12.6 Å². The third-order valence-corrected chi connectivity index (χ3v) is 3.91. The molecule has 96 valence electrons. The van der Waals surface area contributed by atoms with Gasteiger partial charge in [-0.1, -0.05) is 26.2 Å². The molecule has 16 heavy (non-hydrogen) atoms. The van der Waals surface area contributed by atoms with Gasteiger partial charge in [-0.25, -0.2) is 8.42 Å². The lowest BCUT2D eigenvalue weighted by atomic mass is 9.94. The fourth-order valence-electron chi connectivity index (χ4n) is 2.44. The van der Waals surface area contributed by atoms with Crippen LogP contribution in [0.5, 0.6) is 0 Å². The van der Waals surface area contributed by atoms with Crippen molar-refractivity contribution in [1.82, 2.24) is 4.90 Å². The number of nitrogens with zero attached hydrogens (tertiary/aromatic N) is 1. The Bertz CT molecular complexity index is 284. The van der Waals surface area contributed by atoms with Crippen molar-refractivity contribution < 1.29 is 13.0 Å². The van der Waals surface area contributed by atoms with Gasteiger partial charge >= 0.3 is 0 Å². The van der Waals surface area contributed by atoms with E-state index in [1.165, 1.54) is 19.3 Å². The molecule has 0 aromatic carbocycles. The lowest BCUT2D eigenvalue weighted by molar-refractivity contribution is 0.164. The zero-order chi connectivity index (χ0) is 12.0. The van der Waals surface area contributed by atoms with E-state index in [-0.39, 0.29) is 5.75 Å². The zero-order valence-electron chi connectivity index (χ0n) is 10.0. The third-order valence-electron chi connectivity index (χ3n) is 3.23. The van der Waals surface area contributed by atoms with Crippen molar-refractivity contribution in [2.75, 3.05) is 18.8 Å². The van der Waals surface area contributed by atoms with Gasteiger partial charge < -0.3 is 4.55 Å². The van der Waals surface area contributed by atoms with Gasteiger partial charge in [-0.2, -0.15) is 0 Å². The first kappa shape index (κ1) is 13.9. The topological polar surface area (TPSA) is 60.4 Å². The first-order valence-corrected chi connectivity index (χ1v) is 7.78. The second kappa shape index (κ2) is 6.57. The molecule has 1 rings (SSSR count). The van der Waals surface area contributed by atoms with E-state index in [4.69, 9.17) is 0 Å². The molecule has 0 spiro atoms. The van der Waals surface area contributed by atoms with E-state index in [1.807, 2.05) is 0 Å². The van der Waals surface area contributed by atoms with E-state index < -0.39 is 10.1 Å². The Morgan fingerprint density at radius 2 is 1.81 bits per heavy atom. The third kappa shape index (κ3) is 5.27. The van der Waals surface area contributed by atoms with Crippen LogP contribution in [0.2, 0.25) is 0 Å². The summed E-state index contributed by atoms with van der Waals surface area (Å²) in [6, 6.07) is 0.496. The predicted molar refractivity (Wildman–Crippen MR) is 63.3 cm³/mol. The van der Waals surface area contributed by atoms with Gasteiger partial charge in [0.2, 0.25) is 0 Å². The summed E-state index contributed by atoms with van der Waals surface area (Å²) in [4.78, 5) is 2.19. The van der Waals surface area contributed by atoms with E-state index >= 15 is 0 Å². The highest BCUT2D eigenvalue weighted by molar-refractivity contribution is 7.85. The Morgan fingerprint density at radius 1 is 1.19 bits per heavy atom. The van der Waals surface area contributed by atoms with Crippen LogP contribution in [-0.4, -0.2) is 42.8 Å². The van der Waals surface area contributed by atoms with E-state index in [0.29, 0.717) is 12.6 Å². The average Bonchev–Trinajstić information content (AvgIpc) is 2.24. The molecule has 1 saturated carbocycles. The second-order valence-corrected chi connectivity index (χ2v) is 6.11. The van der Waals surface area contributed by atoms with Crippen LogP contribution in [0.1, 0.15) is 45.4 Å². The minimum Gasteiger partial charge on any atom is -0.748 e. The van der Waals surface area contributed by atoms with E-state index in [0.717, 1.165) is 25.8 Å². The van der Waals surface area contributed by atoms with Crippen LogP contribution in [0.3, 0.4) is 0 Å². The highest BCUT2D eigenvalue weighted by Gasteiger charge is 2.20. The Hall–Kier alpha value is -0.130. The van der Waals surface area contributed by atoms with Crippen molar-refractivity contribution in [2.24, 2.45) is 0 Å². The summed E-state index contributed by atoms with van der Waals surface area (Å²) in [5, 5.41) is 0. The zero-order valence-corrected chi connectivity index (χ0v) is 10.8. The van der Waals surface area contributed by atoms with Crippen LogP contribution in [0, 0.1) is 0 Å². The van der Waals surface area contributed by atoms with Crippen molar-refractivity contribution in [3.8, 4) is 0 Å². The van der Waals surface area contributed by atoms with E-state index in [9.17, 15) is 13.0 Å². The Kier molecular flexibility index (Phi) is 5.72. The molecule has 0 N–H and O–H groups in total. The van der Waals surface area contributed by atoms with Crippen LogP contribution in [0.15, 0.2) is 0 Å². The van der Waals surface area contributed by atoms with Gasteiger partial charge in [0.1, 0.15) is 0 Å². The van der Waals surface area contributed by atoms with E-state index in [1.54, 1.807) is 0 Å². The summed E-state index contributed by atoms with van der Waals surface area (Å²) in [5.41, 5.74) is 0. The van der Waals surface area contributed by atoms with E-state index in [2.05, 4.69) is 11.8 Å². The van der Waals surface area contributed by atoms with Crippen molar-refractivity contribution in [2.45, 2.75) is 51.5 Å². The molecule has 0 aromatic heterocycles. The summed E-state index contributed by atoms with van der Waals surface area (Å²) in [5.74, 6) is -0.247. The van der Waals surface area contributed by atoms with Crippen LogP contribution >= 0.6 is 0 Å². The maximum atomic E-state index is 10.6. The van der Waals surface area contributed by atoms with Crippen molar-refractivity contribution >= 4 is 10.1 Å². The molecule has 0 heterocycles. The molecule has 5 heteroatoms. The average molecular weight is 248 g/mol. The molecule has 4 nitrogen and oxygen atoms in total. The maximum Gasteiger partial charge on any atom is 0.0958 e. The van der Waals surface area contributed by atoms with Crippen molar-refractivity contribution in [1.29, 1.82) is 0 Å². The highest BCUT2D eigenvalue weighted by atomic mass is 32.2. The van der Waals surface area contributed by atoms with Gasteiger partial charge in [0.25, 0.3) is 0 Å². The number of hydrogen-bond donors (Lipinski definition) is 0. The Labute approximate surface area is 98.8 Å². The summed E-state index contributed by atoms with van der Waals surface area (Å²) in [7, 11) is -4.07. The molecule has 1 aliphatic rings. The fraction of sp³-hybridized carbons (Fsp3) is 1.00. The largest absolute Gasteiger partial charge is 0.748 e. The normalized spacial score (nSPS) is 19.2. The summed E-state index contributed by atoms with van der Waals surface area (Å²) >= 11 is 0. The Balaban J connectivity index is 2.45. The lowest BCUT2D eigenvalue weighted by Gasteiger charge is -2.34. The maximum absolute atomic E-state index is 10.6. The van der Waals surface area contributed by atoms with Crippen LogP contribution < -0.4 is 0 Å². The van der Waals surface area contributed by atoms with Gasteiger partial charge in [-0.15, -0.1) is 0 Å². The monoisotopic (exact) mass is 248 g/mol. The van der Waals surface area contributed by atoms with Gasteiger partial charge in [-0.05, 0) is 25.8 Å². The quantitative estimate of drug-likeness (QED) is 0.670. The summed E-state index contributed by atoms with van der Waals surface area (Å²) in [6.07, 6.45) is 7.06. The number of rotatable bonds is 6. The Morgan fingerprint density at radius 3 is 2.31 bits per heavy atom. The lowest BCUT2D eigenvalue weighted by Crippen LogP contribution is -2.40. The molecule has 0 unspecified atom stereocenters. The molecule has 1 fully saturated rings. The molecule has 0 radical (unpaired) electrons. The first-order valence-electron chi connectivity index (χ1n) is 6.20. The fourth-order valence-corrected chi connectivity index (χ4v) is 2.90. The SMILES string of the molecule is CCCN(CCS(=O)(=O)[O-])C1CCCCC1. The van der Waals surface area contributed by atoms with Gasteiger partial charge in [-0.3, -0.25) is 4.90 Å². The molecular weight excluding hydrogens is 226 g/mol. The van der Waals surface area contributed by atoms with Gasteiger partial charge in [0.05, 0.1) is 15.9 Å². The number of hydrogen-bond acceptors (Lipinski definition) is 4. The molecule has 0 aliphatic heterocycles. The van der Waals surface area contributed by atoms with Crippen molar-refractivity contribution in [3.05, 3.63) is 0 Å². The smallest absolute Gasteiger partial charge is 0.0958 e. The standard InChI is InChI=1S/C11H23NO3S/c1-2-8-12(9-10-16(13,14)15)11-6-4-3-5-7-11/h11H,2-10H2,1H3,(H,13,14,15)/p-1. The van der Waals surface area contributed by atoms with Gasteiger partial charge in [0.15, 0.2) is 0 Å².